The van der Waals surface area contributed by atoms with Gasteiger partial charge < -0.3 is 19.4 Å². The minimum absolute atomic E-state index is 0.304. The van der Waals surface area contributed by atoms with Crippen LogP contribution in [0.15, 0.2) is 24.5 Å². The second kappa shape index (κ2) is 7.59. The van der Waals surface area contributed by atoms with Crippen LogP contribution >= 0.6 is 11.6 Å². The molecule has 26 heavy (non-hydrogen) atoms. The number of aromatic nitrogens is 3. The van der Waals surface area contributed by atoms with E-state index in [2.05, 4.69) is 19.8 Å². The van der Waals surface area contributed by atoms with Gasteiger partial charge in [0.15, 0.2) is 11.6 Å². The van der Waals surface area contributed by atoms with Crippen molar-refractivity contribution in [2.24, 2.45) is 0 Å². The van der Waals surface area contributed by atoms with Crippen LogP contribution in [0.4, 0.5) is 22.0 Å². The molecule has 4 heterocycles. The van der Waals surface area contributed by atoms with Crippen molar-refractivity contribution in [3.05, 3.63) is 35.4 Å². The highest BCUT2D eigenvalue weighted by Crippen LogP contribution is 2.22. The molecule has 2 saturated heterocycles. The van der Waals surface area contributed by atoms with Gasteiger partial charge in [-0.2, -0.15) is 4.98 Å². The standard InChI is InChI=1S/C17H20ClFN6O/c18-13-11-14(19)16(21-12-13)24-3-5-25(6-4-24)17-20-2-1-15(22-17)23-7-9-26-10-8-23/h1-2,11-12H,3-10H2. The monoisotopic (exact) mass is 378 g/mol. The molecule has 2 aliphatic heterocycles. The molecule has 2 fully saturated rings. The minimum Gasteiger partial charge on any atom is -0.378 e. The molecule has 0 radical (unpaired) electrons. The number of halogens is 2. The Morgan fingerprint density at radius 1 is 0.962 bits per heavy atom. The Morgan fingerprint density at radius 2 is 1.69 bits per heavy atom. The average Bonchev–Trinajstić information content (AvgIpc) is 2.69. The van der Waals surface area contributed by atoms with E-state index >= 15 is 0 Å². The highest BCUT2D eigenvalue weighted by molar-refractivity contribution is 6.30. The van der Waals surface area contributed by atoms with E-state index in [1.54, 1.807) is 6.20 Å². The molecular weight excluding hydrogens is 359 g/mol. The number of morpholine rings is 1. The summed E-state index contributed by atoms with van der Waals surface area (Å²) in [5.74, 6) is 1.58. The van der Waals surface area contributed by atoms with E-state index in [0.29, 0.717) is 43.0 Å². The van der Waals surface area contributed by atoms with Crippen molar-refractivity contribution in [3.63, 3.8) is 0 Å². The molecule has 2 aromatic rings. The number of rotatable bonds is 3. The molecule has 2 aliphatic rings. The molecule has 0 unspecified atom stereocenters. The summed E-state index contributed by atoms with van der Waals surface area (Å²) in [5, 5.41) is 0.304. The van der Waals surface area contributed by atoms with E-state index in [9.17, 15) is 4.39 Å². The predicted octanol–water partition coefficient (Wildman–Crippen LogP) is 1.83. The molecule has 7 nitrogen and oxygen atoms in total. The number of nitrogens with zero attached hydrogens (tertiary/aromatic N) is 6. The summed E-state index contributed by atoms with van der Waals surface area (Å²) in [6.45, 7) is 5.83. The molecular formula is C17H20ClFN6O. The van der Waals surface area contributed by atoms with Crippen LogP contribution in [0.1, 0.15) is 0 Å². The number of pyridine rings is 1. The predicted molar refractivity (Wildman–Crippen MR) is 98.7 cm³/mol. The summed E-state index contributed by atoms with van der Waals surface area (Å²) in [5.41, 5.74) is 0. The summed E-state index contributed by atoms with van der Waals surface area (Å²) in [7, 11) is 0. The third-order valence-electron chi connectivity index (χ3n) is 4.61. The lowest BCUT2D eigenvalue weighted by molar-refractivity contribution is 0.122. The lowest BCUT2D eigenvalue weighted by atomic mass is 10.3. The smallest absolute Gasteiger partial charge is 0.227 e. The van der Waals surface area contributed by atoms with Gasteiger partial charge in [-0.05, 0) is 12.1 Å². The minimum atomic E-state index is -0.392. The molecule has 4 rings (SSSR count). The van der Waals surface area contributed by atoms with Gasteiger partial charge in [0.2, 0.25) is 5.95 Å². The molecule has 0 spiro atoms. The molecule has 0 aliphatic carbocycles. The van der Waals surface area contributed by atoms with Gasteiger partial charge in [0.25, 0.3) is 0 Å². The zero-order valence-corrected chi connectivity index (χ0v) is 15.1. The van der Waals surface area contributed by atoms with E-state index in [4.69, 9.17) is 21.3 Å². The van der Waals surface area contributed by atoms with Crippen LogP contribution in [0.25, 0.3) is 0 Å². The Kier molecular flexibility index (Phi) is 5.03. The van der Waals surface area contributed by atoms with E-state index in [0.717, 1.165) is 32.1 Å². The highest BCUT2D eigenvalue weighted by Gasteiger charge is 2.23. The number of anilines is 3. The van der Waals surface area contributed by atoms with Crippen molar-refractivity contribution in [2.75, 3.05) is 67.2 Å². The van der Waals surface area contributed by atoms with Crippen LogP contribution in [-0.4, -0.2) is 67.4 Å². The third kappa shape index (κ3) is 3.66. The zero-order valence-electron chi connectivity index (χ0n) is 14.3. The van der Waals surface area contributed by atoms with Gasteiger partial charge in [-0.3, -0.25) is 0 Å². The molecule has 0 atom stereocenters. The van der Waals surface area contributed by atoms with Gasteiger partial charge in [0.1, 0.15) is 5.82 Å². The Hall–Kier alpha value is -2.19. The summed E-state index contributed by atoms with van der Waals surface area (Å²) >= 11 is 5.78. The lowest BCUT2D eigenvalue weighted by Crippen LogP contribution is -2.47. The highest BCUT2D eigenvalue weighted by atomic mass is 35.5. The van der Waals surface area contributed by atoms with E-state index in [1.807, 2.05) is 11.0 Å². The Balaban J connectivity index is 1.43. The Bertz CT molecular complexity index is 765. The van der Waals surface area contributed by atoms with Crippen LogP contribution in [-0.2, 0) is 4.74 Å². The quantitative estimate of drug-likeness (QED) is 0.807. The van der Waals surface area contributed by atoms with Gasteiger partial charge >= 0.3 is 0 Å². The molecule has 9 heteroatoms. The molecule has 0 saturated carbocycles. The van der Waals surface area contributed by atoms with Crippen LogP contribution < -0.4 is 14.7 Å². The topological polar surface area (TPSA) is 57.6 Å². The second-order valence-corrected chi connectivity index (χ2v) is 6.68. The first kappa shape index (κ1) is 17.2. The number of hydrogen-bond acceptors (Lipinski definition) is 7. The third-order valence-corrected chi connectivity index (χ3v) is 4.82. The van der Waals surface area contributed by atoms with E-state index < -0.39 is 5.82 Å². The van der Waals surface area contributed by atoms with Crippen LogP contribution in [0.2, 0.25) is 5.02 Å². The Morgan fingerprint density at radius 3 is 2.42 bits per heavy atom. The summed E-state index contributed by atoms with van der Waals surface area (Å²) < 4.78 is 19.5. The van der Waals surface area contributed by atoms with E-state index in [-0.39, 0.29) is 0 Å². The number of hydrogen-bond donors (Lipinski definition) is 0. The normalized spacial score (nSPS) is 18.3. The van der Waals surface area contributed by atoms with Crippen LogP contribution in [0.3, 0.4) is 0 Å². The van der Waals surface area contributed by atoms with Crippen LogP contribution in [0, 0.1) is 5.82 Å². The van der Waals surface area contributed by atoms with Gasteiger partial charge in [-0.15, -0.1) is 0 Å². The van der Waals surface area contributed by atoms with Crippen molar-refractivity contribution in [1.29, 1.82) is 0 Å². The number of ether oxygens (including phenoxy) is 1. The Labute approximate surface area is 156 Å². The summed E-state index contributed by atoms with van der Waals surface area (Å²) in [6, 6.07) is 3.23. The zero-order chi connectivity index (χ0) is 17.9. The molecule has 0 N–H and O–H groups in total. The first-order chi connectivity index (χ1) is 12.7. The number of piperazine rings is 1. The average molecular weight is 379 g/mol. The summed E-state index contributed by atoms with van der Waals surface area (Å²) in [4.78, 5) is 19.5. The van der Waals surface area contributed by atoms with Crippen molar-refractivity contribution < 1.29 is 9.13 Å². The SMILES string of the molecule is Fc1cc(Cl)cnc1N1CCN(c2nccc(N3CCOCC3)n2)CC1. The first-order valence-corrected chi connectivity index (χ1v) is 9.05. The van der Waals surface area contributed by atoms with Crippen molar-refractivity contribution >= 4 is 29.2 Å². The van der Waals surface area contributed by atoms with Crippen molar-refractivity contribution in [1.82, 2.24) is 15.0 Å². The fourth-order valence-electron chi connectivity index (χ4n) is 3.22. The van der Waals surface area contributed by atoms with Crippen molar-refractivity contribution in [2.45, 2.75) is 0 Å². The van der Waals surface area contributed by atoms with Gasteiger partial charge in [0, 0.05) is 51.7 Å². The molecule has 0 aromatic carbocycles. The van der Waals surface area contributed by atoms with Crippen molar-refractivity contribution in [3.8, 4) is 0 Å². The lowest BCUT2D eigenvalue weighted by Gasteiger charge is -2.36. The van der Waals surface area contributed by atoms with Gasteiger partial charge in [0.05, 0.1) is 18.2 Å². The van der Waals surface area contributed by atoms with Crippen LogP contribution in [0.5, 0.6) is 0 Å². The molecule has 2 aromatic heterocycles. The summed E-state index contributed by atoms with van der Waals surface area (Å²) in [6.07, 6.45) is 3.27. The fraction of sp³-hybridized carbons (Fsp3) is 0.471. The van der Waals surface area contributed by atoms with Gasteiger partial charge in [-0.25, -0.2) is 14.4 Å². The maximum Gasteiger partial charge on any atom is 0.227 e. The van der Waals surface area contributed by atoms with E-state index in [1.165, 1.54) is 12.3 Å². The largest absolute Gasteiger partial charge is 0.378 e. The first-order valence-electron chi connectivity index (χ1n) is 8.67. The maximum absolute atomic E-state index is 14.1. The molecule has 0 amide bonds. The maximum atomic E-state index is 14.1. The fourth-order valence-corrected chi connectivity index (χ4v) is 3.36. The second-order valence-electron chi connectivity index (χ2n) is 6.25. The molecule has 0 bridgehead atoms. The van der Waals surface area contributed by atoms with Gasteiger partial charge in [-0.1, -0.05) is 11.6 Å². The molecule has 138 valence electrons.